The van der Waals surface area contributed by atoms with Crippen LogP contribution in [-0.4, -0.2) is 96.7 Å². The number of hydrogen-bond acceptors (Lipinski definition) is 15. The number of aliphatic hydroxyl groups is 1. The lowest BCUT2D eigenvalue weighted by atomic mass is 9.99. The Kier molecular flexibility index (Phi) is 65.2. The molecular weight excluding hydrogens is 1250 g/mol. The molecule has 19 heteroatoms. The molecule has 0 rings (SSSR count). The van der Waals surface area contributed by atoms with Crippen molar-refractivity contribution in [2.24, 2.45) is 17.8 Å². The summed E-state index contributed by atoms with van der Waals surface area (Å²) in [5.41, 5.74) is 0. The lowest BCUT2D eigenvalue weighted by Crippen LogP contribution is -2.30. The second kappa shape index (κ2) is 66.6. The summed E-state index contributed by atoms with van der Waals surface area (Å²) in [6, 6.07) is 0. The molecule has 0 bridgehead atoms. The van der Waals surface area contributed by atoms with Crippen LogP contribution in [0.15, 0.2) is 0 Å². The SMILES string of the molecule is CCCCCCCC(=O)OC[C@H](COP(=O)(O)OC[C@H](O)COP(=O)(O)OC[C@@H](COC(=O)CCCCCCCCCCCCCCCCCCC(C)C)OC(=O)CCCCCCCCCCCCCCCCCCC(C)C)OC(=O)CCCCCCCCCCC(C)CC. The van der Waals surface area contributed by atoms with Gasteiger partial charge >= 0.3 is 39.5 Å². The lowest BCUT2D eigenvalue weighted by molar-refractivity contribution is -0.161. The molecule has 17 nitrogen and oxygen atoms in total. The summed E-state index contributed by atoms with van der Waals surface area (Å²) < 4.78 is 68.3. The average molecular weight is 1400 g/mol. The Morgan fingerprint density at radius 3 is 0.800 bits per heavy atom. The molecule has 3 N–H and O–H groups in total. The van der Waals surface area contributed by atoms with Crippen molar-refractivity contribution in [1.82, 2.24) is 0 Å². The first-order valence-electron chi connectivity index (χ1n) is 39.4. The number of phosphoric acid groups is 2. The number of unbranched alkanes of at least 4 members (excludes halogenated alkanes) is 41. The summed E-state index contributed by atoms with van der Waals surface area (Å²) in [5.74, 6) is 0.261. The summed E-state index contributed by atoms with van der Waals surface area (Å²) in [6.07, 6.45) is 53.2. The third-order valence-electron chi connectivity index (χ3n) is 18.0. The highest BCUT2D eigenvalue weighted by Gasteiger charge is 2.30. The van der Waals surface area contributed by atoms with Crippen molar-refractivity contribution in [1.29, 1.82) is 0 Å². The van der Waals surface area contributed by atoms with Gasteiger partial charge in [-0.2, -0.15) is 0 Å². The van der Waals surface area contributed by atoms with Gasteiger partial charge in [-0.3, -0.25) is 37.3 Å². The minimum atomic E-state index is -4.96. The van der Waals surface area contributed by atoms with Gasteiger partial charge < -0.3 is 33.8 Å². The van der Waals surface area contributed by atoms with Crippen LogP contribution in [0.25, 0.3) is 0 Å². The second-order valence-corrected chi connectivity index (χ2v) is 31.5. The van der Waals surface area contributed by atoms with Crippen molar-refractivity contribution < 1.29 is 80.2 Å². The fourth-order valence-corrected chi connectivity index (χ4v) is 13.1. The first kappa shape index (κ1) is 93.1. The van der Waals surface area contributed by atoms with E-state index in [2.05, 4.69) is 48.5 Å². The van der Waals surface area contributed by atoms with Crippen LogP contribution in [0.1, 0.15) is 389 Å². The van der Waals surface area contributed by atoms with Crippen molar-refractivity contribution in [3.63, 3.8) is 0 Å². The van der Waals surface area contributed by atoms with Crippen LogP contribution in [0.3, 0.4) is 0 Å². The zero-order valence-electron chi connectivity index (χ0n) is 62.1. The molecule has 95 heavy (non-hydrogen) atoms. The topological polar surface area (TPSA) is 237 Å². The van der Waals surface area contributed by atoms with E-state index in [9.17, 15) is 43.2 Å². The molecule has 0 aliphatic heterocycles. The van der Waals surface area contributed by atoms with Crippen molar-refractivity contribution in [3.05, 3.63) is 0 Å². The molecule has 0 aliphatic rings. The quantitative estimate of drug-likeness (QED) is 0.0222. The molecule has 0 radical (unpaired) electrons. The van der Waals surface area contributed by atoms with Crippen LogP contribution in [-0.2, 0) is 65.4 Å². The van der Waals surface area contributed by atoms with E-state index in [1.807, 2.05) is 0 Å². The zero-order chi connectivity index (χ0) is 70.1. The Labute approximate surface area is 581 Å². The number of aliphatic hydroxyl groups excluding tert-OH is 1. The third-order valence-corrected chi connectivity index (χ3v) is 19.9. The largest absolute Gasteiger partial charge is 0.472 e. The monoisotopic (exact) mass is 1400 g/mol. The Bertz CT molecular complexity index is 1850. The summed E-state index contributed by atoms with van der Waals surface area (Å²) in [5, 5.41) is 10.6. The third kappa shape index (κ3) is 69.0. The van der Waals surface area contributed by atoms with Crippen LogP contribution < -0.4 is 0 Å². The molecule has 0 aromatic heterocycles. The van der Waals surface area contributed by atoms with Gasteiger partial charge in [0.1, 0.15) is 19.3 Å². The van der Waals surface area contributed by atoms with Gasteiger partial charge in [0.05, 0.1) is 26.4 Å². The van der Waals surface area contributed by atoms with E-state index in [1.165, 1.54) is 193 Å². The highest BCUT2D eigenvalue weighted by Crippen LogP contribution is 2.45. The molecule has 564 valence electrons. The van der Waals surface area contributed by atoms with E-state index < -0.39 is 97.5 Å². The molecule has 0 amide bonds. The van der Waals surface area contributed by atoms with E-state index >= 15 is 0 Å². The molecule has 0 saturated carbocycles. The van der Waals surface area contributed by atoms with Crippen LogP contribution in [0, 0.1) is 17.8 Å². The minimum Gasteiger partial charge on any atom is -0.462 e. The Hall–Kier alpha value is -1.94. The molecule has 0 aliphatic carbocycles. The normalized spacial score (nSPS) is 14.4. The predicted octanol–water partition coefficient (Wildman–Crippen LogP) is 22.2. The maximum Gasteiger partial charge on any atom is 0.472 e. The number of carbonyl (C=O) groups excluding carboxylic acids is 4. The molecule has 0 spiro atoms. The molecule has 0 aromatic rings. The van der Waals surface area contributed by atoms with E-state index in [0.717, 1.165) is 114 Å². The molecule has 6 atom stereocenters. The number of phosphoric ester groups is 2. The van der Waals surface area contributed by atoms with Crippen molar-refractivity contribution in [3.8, 4) is 0 Å². The number of ether oxygens (including phenoxy) is 4. The van der Waals surface area contributed by atoms with Crippen molar-refractivity contribution in [2.75, 3.05) is 39.6 Å². The maximum absolute atomic E-state index is 13.1. The fraction of sp³-hybridized carbons (Fsp3) is 0.947. The van der Waals surface area contributed by atoms with Crippen LogP contribution >= 0.6 is 15.6 Å². The van der Waals surface area contributed by atoms with Gasteiger partial charge in [0, 0.05) is 25.7 Å². The Morgan fingerprint density at radius 2 is 0.537 bits per heavy atom. The first-order chi connectivity index (χ1) is 45.8. The summed E-state index contributed by atoms with van der Waals surface area (Å²) in [4.78, 5) is 72.5. The summed E-state index contributed by atoms with van der Waals surface area (Å²) in [7, 11) is -9.90. The molecule has 3 unspecified atom stereocenters. The summed E-state index contributed by atoms with van der Waals surface area (Å²) >= 11 is 0. The predicted molar refractivity (Wildman–Crippen MR) is 386 cm³/mol. The van der Waals surface area contributed by atoms with Crippen molar-refractivity contribution in [2.45, 2.75) is 407 Å². The molecule has 0 heterocycles. The van der Waals surface area contributed by atoms with E-state index in [4.69, 9.17) is 37.0 Å². The molecule has 0 fully saturated rings. The Balaban J connectivity index is 5.14. The number of carbonyl (C=O) groups is 4. The summed E-state index contributed by atoms with van der Waals surface area (Å²) in [6.45, 7) is 11.9. The van der Waals surface area contributed by atoms with Crippen LogP contribution in [0.5, 0.6) is 0 Å². The van der Waals surface area contributed by atoms with Gasteiger partial charge in [0.25, 0.3) is 0 Å². The second-order valence-electron chi connectivity index (χ2n) is 28.6. The molecule has 0 saturated heterocycles. The Morgan fingerprint density at radius 1 is 0.305 bits per heavy atom. The van der Waals surface area contributed by atoms with Crippen molar-refractivity contribution >= 4 is 39.5 Å². The van der Waals surface area contributed by atoms with Gasteiger partial charge in [0.2, 0.25) is 0 Å². The van der Waals surface area contributed by atoms with Gasteiger partial charge in [-0.15, -0.1) is 0 Å². The minimum absolute atomic E-state index is 0.104. The van der Waals surface area contributed by atoms with E-state index in [1.54, 1.807) is 0 Å². The zero-order valence-corrected chi connectivity index (χ0v) is 63.9. The number of hydrogen-bond donors (Lipinski definition) is 3. The highest BCUT2D eigenvalue weighted by molar-refractivity contribution is 7.47. The highest BCUT2D eigenvalue weighted by atomic mass is 31.2. The van der Waals surface area contributed by atoms with Gasteiger partial charge in [-0.05, 0) is 43.4 Å². The lowest BCUT2D eigenvalue weighted by Gasteiger charge is -2.21. The molecular formula is C76H148O17P2. The van der Waals surface area contributed by atoms with Gasteiger partial charge in [-0.25, -0.2) is 9.13 Å². The van der Waals surface area contributed by atoms with Gasteiger partial charge in [-0.1, -0.05) is 337 Å². The van der Waals surface area contributed by atoms with Crippen LogP contribution in [0.2, 0.25) is 0 Å². The van der Waals surface area contributed by atoms with Gasteiger partial charge in [0.15, 0.2) is 12.2 Å². The smallest absolute Gasteiger partial charge is 0.462 e. The number of rotatable bonds is 74. The fourth-order valence-electron chi connectivity index (χ4n) is 11.6. The van der Waals surface area contributed by atoms with E-state index in [-0.39, 0.29) is 25.7 Å². The standard InChI is InChI=1S/C76H148O17P2/c1-8-10-11-40-50-57-73(78)86-63-71(92-76(81)60-53-46-39-33-32-36-43-49-56-69(7)9-2)65-90-94(82,83)88-61-70(77)62-89-95(84,85)91-66-72(93-75(80)59-52-45-38-31-27-23-19-15-13-17-21-25-29-35-42-48-55-68(5)6)64-87-74(79)58-51-44-37-30-26-22-18-14-12-16-20-24-28-34-41-47-54-67(3)4/h67-72,77H,8-66H2,1-7H3,(H,82,83)(H,84,85)/t69?,70-,71+,72+/m0/s1. The van der Waals surface area contributed by atoms with E-state index in [0.29, 0.717) is 25.7 Å². The average Bonchev–Trinajstić information content (AvgIpc) is 2.04. The maximum atomic E-state index is 13.1. The first-order valence-corrected chi connectivity index (χ1v) is 42.4. The van der Waals surface area contributed by atoms with Crippen LogP contribution in [0.4, 0.5) is 0 Å². The number of esters is 4. The molecule has 0 aromatic carbocycles.